The van der Waals surface area contributed by atoms with Crippen LogP contribution in [0.3, 0.4) is 0 Å². The summed E-state index contributed by atoms with van der Waals surface area (Å²) in [5.41, 5.74) is 4.28. The minimum atomic E-state index is -3.86. The number of morpholine rings is 1. The average molecular weight is 603 g/mol. The molecule has 4 aromatic rings. The number of fused-ring (bicyclic) bond motifs is 1. The first-order valence-corrected chi connectivity index (χ1v) is 15.9. The van der Waals surface area contributed by atoms with Crippen LogP contribution in [0.4, 0.5) is 5.69 Å². The Bertz CT molecular complexity index is 1730. The summed E-state index contributed by atoms with van der Waals surface area (Å²) in [6.45, 7) is 11.9. The maximum atomic E-state index is 13.5. The number of sulfonamides is 1. The number of hydrogen-bond acceptors (Lipinski definition) is 6. The number of amides is 1. The van der Waals surface area contributed by atoms with E-state index in [4.69, 9.17) is 4.74 Å². The molecule has 1 fully saturated rings. The zero-order valence-corrected chi connectivity index (χ0v) is 25.8. The molecule has 10 heteroatoms. The second kappa shape index (κ2) is 12.3. The molecule has 0 aliphatic carbocycles. The van der Waals surface area contributed by atoms with E-state index in [2.05, 4.69) is 40.7 Å². The van der Waals surface area contributed by atoms with Crippen LogP contribution in [-0.4, -0.2) is 69.4 Å². The topological polar surface area (TPSA) is 121 Å². The summed E-state index contributed by atoms with van der Waals surface area (Å²) in [5.74, 6) is -0.324. The lowest BCUT2D eigenvalue weighted by molar-refractivity contribution is 0.0383. The second-order valence-electron chi connectivity index (χ2n) is 11.9. The summed E-state index contributed by atoms with van der Waals surface area (Å²) in [6, 6.07) is 19.1. The molecule has 43 heavy (non-hydrogen) atoms. The number of Topliss-reactive ketones (excluding diaryl/α,β-unsaturated/α-hetero) is 1. The second-order valence-corrected chi connectivity index (χ2v) is 13.5. The van der Waals surface area contributed by atoms with Crippen molar-refractivity contribution in [3.8, 4) is 11.1 Å². The number of ketones is 1. The number of aromatic amines is 1. The molecule has 5 rings (SSSR count). The maximum Gasteiger partial charge on any atom is 0.268 e. The molecular formula is C33H38N4O5S. The Morgan fingerprint density at radius 1 is 0.953 bits per heavy atom. The molecule has 0 radical (unpaired) electrons. The van der Waals surface area contributed by atoms with Crippen LogP contribution in [-0.2, 0) is 20.2 Å². The molecule has 9 nitrogen and oxygen atoms in total. The number of carbonyl (C=O) groups is 2. The van der Waals surface area contributed by atoms with E-state index in [1.807, 2.05) is 12.1 Å². The Kier molecular flexibility index (Phi) is 8.73. The molecule has 226 valence electrons. The highest BCUT2D eigenvalue weighted by Crippen LogP contribution is 2.35. The number of H-pyrrole nitrogens is 1. The number of carbonyl (C=O) groups excluding carboxylic acids is 2. The van der Waals surface area contributed by atoms with Crippen molar-refractivity contribution in [2.24, 2.45) is 0 Å². The Balaban J connectivity index is 1.47. The number of ether oxygens (including phenoxy) is 1. The third kappa shape index (κ3) is 6.98. The summed E-state index contributed by atoms with van der Waals surface area (Å²) >= 11 is 0. The fourth-order valence-electron chi connectivity index (χ4n) is 5.19. The SMILES string of the molecule is CC(=O)c1ccc(-c2c(C(=O)NCCN3CCOCC3)[nH]c3ccc(NS(=O)(=O)c4ccc(C(C)(C)C)cc4)cc23)cc1. The van der Waals surface area contributed by atoms with Crippen LogP contribution < -0.4 is 10.0 Å². The first-order chi connectivity index (χ1) is 20.4. The van der Waals surface area contributed by atoms with Crippen LogP contribution in [0, 0.1) is 0 Å². The van der Waals surface area contributed by atoms with Crippen molar-refractivity contribution < 1.29 is 22.7 Å². The Labute approximate surface area is 252 Å². The molecule has 1 aliphatic rings. The third-order valence-corrected chi connectivity index (χ3v) is 9.10. The fourth-order valence-corrected chi connectivity index (χ4v) is 6.24. The normalized spacial score (nSPS) is 14.5. The number of hydrogen-bond donors (Lipinski definition) is 3. The van der Waals surface area contributed by atoms with E-state index >= 15 is 0 Å². The first kappa shape index (κ1) is 30.5. The summed E-state index contributed by atoms with van der Waals surface area (Å²) < 4.78 is 34.7. The molecule has 1 aliphatic heterocycles. The minimum Gasteiger partial charge on any atom is -0.379 e. The van der Waals surface area contributed by atoms with Crippen LogP contribution >= 0.6 is 0 Å². The highest BCUT2D eigenvalue weighted by atomic mass is 32.2. The van der Waals surface area contributed by atoms with Gasteiger partial charge in [-0.1, -0.05) is 57.2 Å². The van der Waals surface area contributed by atoms with E-state index in [1.54, 1.807) is 54.6 Å². The van der Waals surface area contributed by atoms with Gasteiger partial charge in [0.15, 0.2) is 5.78 Å². The molecule has 2 heterocycles. The van der Waals surface area contributed by atoms with Crippen molar-refractivity contribution in [2.75, 3.05) is 44.1 Å². The lowest BCUT2D eigenvalue weighted by Crippen LogP contribution is -2.41. The Morgan fingerprint density at radius 3 is 2.26 bits per heavy atom. The number of rotatable bonds is 9. The van der Waals surface area contributed by atoms with Crippen LogP contribution in [0.25, 0.3) is 22.0 Å². The molecule has 1 amide bonds. The maximum absolute atomic E-state index is 13.5. The quantitative estimate of drug-likeness (QED) is 0.227. The van der Waals surface area contributed by atoms with Crippen LogP contribution in [0.1, 0.15) is 54.1 Å². The van der Waals surface area contributed by atoms with Crippen LogP contribution in [0.5, 0.6) is 0 Å². The van der Waals surface area contributed by atoms with Crippen molar-refractivity contribution >= 4 is 38.3 Å². The van der Waals surface area contributed by atoms with Gasteiger partial charge in [-0.3, -0.25) is 19.2 Å². The van der Waals surface area contributed by atoms with Crippen LogP contribution in [0.15, 0.2) is 71.6 Å². The summed E-state index contributed by atoms with van der Waals surface area (Å²) in [5, 5.41) is 3.70. The van der Waals surface area contributed by atoms with E-state index in [9.17, 15) is 18.0 Å². The molecule has 0 saturated carbocycles. The van der Waals surface area contributed by atoms with Gasteiger partial charge in [-0.15, -0.1) is 0 Å². The van der Waals surface area contributed by atoms with Crippen molar-refractivity contribution in [1.29, 1.82) is 0 Å². The summed E-state index contributed by atoms with van der Waals surface area (Å²) in [7, 11) is -3.86. The van der Waals surface area contributed by atoms with Gasteiger partial charge in [0.1, 0.15) is 5.69 Å². The van der Waals surface area contributed by atoms with E-state index in [0.717, 1.165) is 24.2 Å². The molecule has 1 aromatic heterocycles. The van der Waals surface area contributed by atoms with Gasteiger partial charge in [0.25, 0.3) is 15.9 Å². The summed E-state index contributed by atoms with van der Waals surface area (Å²) in [4.78, 5) is 31.0. The van der Waals surface area contributed by atoms with Gasteiger partial charge in [-0.05, 0) is 53.8 Å². The van der Waals surface area contributed by atoms with Gasteiger partial charge in [-0.2, -0.15) is 0 Å². The van der Waals surface area contributed by atoms with Gasteiger partial charge >= 0.3 is 0 Å². The number of nitrogens with zero attached hydrogens (tertiary/aromatic N) is 1. The number of anilines is 1. The third-order valence-electron chi connectivity index (χ3n) is 7.71. The molecule has 1 saturated heterocycles. The highest BCUT2D eigenvalue weighted by molar-refractivity contribution is 7.92. The van der Waals surface area contributed by atoms with Crippen LogP contribution in [0.2, 0.25) is 0 Å². The molecule has 3 aromatic carbocycles. The molecule has 3 N–H and O–H groups in total. The smallest absolute Gasteiger partial charge is 0.268 e. The van der Waals surface area contributed by atoms with Crippen molar-refractivity contribution in [3.63, 3.8) is 0 Å². The Morgan fingerprint density at radius 2 is 1.63 bits per heavy atom. The highest BCUT2D eigenvalue weighted by Gasteiger charge is 2.22. The van der Waals surface area contributed by atoms with E-state index in [0.29, 0.717) is 59.7 Å². The van der Waals surface area contributed by atoms with E-state index in [1.165, 1.54) is 6.92 Å². The van der Waals surface area contributed by atoms with Gasteiger partial charge < -0.3 is 15.0 Å². The first-order valence-electron chi connectivity index (χ1n) is 14.4. The zero-order valence-electron chi connectivity index (χ0n) is 25.0. The number of nitrogens with one attached hydrogen (secondary N) is 3. The molecule has 0 bridgehead atoms. The lowest BCUT2D eigenvalue weighted by atomic mass is 9.87. The van der Waals surface area contributed by atoms with Gasteiger partial charge in [-0.25, -0.2) is 8.42 Å². The monoisotopic (exact) mass is 602 g/mol. The largest absolute Gasteiger partial charge is 0.379 e. The molecule has 0 spiro atoms. The fraction of sp³-hybridized carbons (Fsp3) is 0.333. The number of aromatic nitrogens is 1. The number of benzene rings is 3. The molecule has 0 atom stereocenters. The van der Waals surface area contributed by atoms with Gasteiger partial charge in [0.05, 0.1) is 18.1 Å². The Hall–Kier alpha value is -3.99. The lowest BCUT2D eigenvalue weighted by Gasteiger charge is -2.26. The minimum absolute atomic E-state index is 0.0567. The average Bonchev–Trinajstić information content (AvgIpc) is 3.36. The van der Waals surface area contributed by atoms with Crippen molar-refractivity contribution in [2.45, 2.75) is 38.0 Å². The van der Waals surface area contributed by atoms with Gasteiger partial charge in [0.2, 0.25) is 0 Å². The van der Waals surface area contributed by atoms with E-state index < -0.39 is 10.0 Å². The predicted octanol–water partition coefficient (Wildman–Crippen LogP) is 5.20. The standard InChI is InChI=1S/C33H38N4O5S/c1-22(38)23-5-7-24(8-6-23)30-28-21-26(36-43(40,41)27-12-9-25(10-13-27)33(2,3)4)11-14-29(28)35-31(30)32(39)34-15-16-37-17-19-42-20-18-37/h5-14,21,35-36H,15-20H2,1-4H3,(H,34,39). The molecular weight excluding hydrogens is 564 g/mol. The predicted molar refractivity (Wildman–Crippen MR) is 169 cm³/mol. The zero-order chi connectivity index (χ0) is 30.8. The molecule has 0 unspecified atom stereocenters. The van der Waals surface area contributed by atoms with Gasteiger partial charge in [0, 0.05) is 53.9 Å². The van der Waals surface area contributed by atoms with Crippen molar-refractivity contribution in [1.82, 2.24) is 15.2 Å². The van der Waals surface area contributed by atoms with E-state index in [-0.39, 0.29) is 22.0 Å². The summed E-state index contributed by atoms with van der Waals surface area (Å²) in [6.07, 6.45) is 0. The van der Waals surface area contributed by atoms with Crippen molar-refractivity contribution in [3.05, 3.63) is 83.6 Å².